The van der Waals surface area contributed by atoms with Crippen LogP contribution < -0.4 is 5.32 Å². The highest BCUT2D eigenvalue weighted by Gasteiger charge is 2.00. The Bertz CT molecular complexity index is 450. The van der Waals surface area contributed by atoms with Crippen LogP contribution in [0.5, 0.6) is 0 Å². The minimum atomic E-state index is 0.0716. The smallest absolute Gasteiger partial charge is 0.227 e. The lowest BCUT2D eigenvalue weighted by atomic mass is 10.4. The third-order valence-corrected chi connectivity index (χ3v) is 2.00. The lowest BCUT2D eigenvalue weighted by Crippen LogP contribution is -2.01. The molecular weight excluding hydrogens is 206 g/mol. The molecule has 2 aromatic rings. The standard InChI is InChI=1S/C10H13N5O/c1-8-4-11-10(12-5-8)14-9-6-13-15(7-9)2-3-16/h4-7,16H,2-3H2,1H3,(H,11,12,14). The van der Waals surface area contributed by atoms with Crippen molar-refractivity contribution in [2.24, 2.45) is 0 Å². The van der Waals surface area contributed by atoms with E-state index in [1.807, 2.05) is 6.92 Å². The molecule has 0 radical (unpaired) electrons. The molecule has 0 saturated heterocycles. The Morgan fingerprint density at radius 3 is 2.75 bits per heavy atom. The van der Waals surface area contributed by atoms with E-state index in [1.54, 1.807) is 29.5 Å². The number of hydrogen-bond acceptors (Lipinski definition) is 5. The van der Waals surface area contributed by atoms with Gasteiger partial charge in [0.15, 0.2) is 0 Å². The van der Waals surface area contributed by atoms with Crippen molar-refractivity contribution >= 4 is 11.6 Å². The van der Waals surface area contributed by atoms with Gasteiger partial charge in [0, 0.05) is 18.6 Å². The molecule has 6 nitrogen and oxygen atoms in total. The number of nitrogens with one attached hydrogen (secondary N) is 1. The first-order valence-electron chi connectivity index (χ1n) is 4.97. The fraction of sp³-hybridized carbons (Fsp3) is 0.300. The highest BCUT2D eigenvalue weighted by atomic mass is 16.3. The zero-order valence-electron chi connectivity index (χ0n) is 8.96. The van der Waals surface area contributed by atoms with Gasteiger partial charge in [0.2, 0.25) is 5.95 Å². The topological polar surface area (TPSA) is 75.9 Å². The Morgan fingerprint density at radius 1 is 1.31 bits per heavy atom. The molecular formula is C10H13N5O. The van der Waals surface area contributed by atoms with Gasteiger partial charge in [0.05, 0.1) is 25.0 Å². The largest absolute Gasteiger partial charge is 0.394 e. The van der Waals surface area contributed by atoms with E-state index >= 15 is 0 Å². The quantitative estimate of drug-likeness (QED) is 0.792. The summed E-state index contributed by atoms with van der Waals surface area (Å²) in [6.45, 7) is 2.49. The second-order valence-electron chi connectivity index (χ2n) is 3.42. The minimum Gasteiger partial charge on any atom is -0.394 e. The Morgan fingerprint density at radius 2 is 2.06 bits per heavy atom. The number of rotatable bonds is 4. The van der Waals surface area contributed by atoms with E-state index in [2.05, 4.69) is 20.4 Å². The van der Waals surface area contributed by atoms with Crippen LogP contribution in [0.4, 0.5) is 11.6 Å². The Kier molecular flexibility index (Phi) is 3.11. The van der Waals surface area contributed by atoms with Crippen LogP contribution in [-0.4, -0.2) is 31.5 Å². The fourth-order valence-electron chi connectivity index (χ4n) is 1.24. The molecule has 84 valence electrons. The molecule has 2 heterocycles. The van der Waals surface area contributed by atoms with Crippen molar-refractivity contribution in [1.29, 1.82) is 0 Å². The SMILES string of the molecule is Cc1cnc(Nc2cnn(CCO)c2)nc1. The van der Waals surface area contributed by atoms with Crippen LogP contribution >= 0.6 is 0 Å². The van der Waals surface area contributed by atoms with Crippen molar-refractivity contribution in [2.45, 2.75) is 13.5 Å². The molecule has 0 aliphatic heterocycles. The molecule has 0 spiro atoms. The summed E-state index contributed by atoms with van der Waals surface area (Å²) in [5, 5.41) is 15.8. The molecule has 2 N–H and O–H groups in total. The molecule has 16 heavy (non-hydrogen) atoms. The Balaban J connectivity index is 2.05. The van der Waals surface area contributed by atoms with E-state index in [4.69, 9.17) is 5.11 Å². The van der Waals surface area contributed by atoms with Gasteiger partial charge >= 0.3 is 0 Å². The van der Waals surface area contributed by atoms with Gasteiger partial charge in [-0.1, -0.05) is 0 Å². The van der Waals surface area contributed by atoms with Crippen LogP contribution in [0.15, 0.2) is 24.8 Å². The summed E-state index contributed by atoms with van der Waals surface area (Å²) in [5.74, 6) is 0.536. The predicted octanol–water partition coefficient (Wildman–Crippen LogP) is 0.717. The number of nitrogens with zero attached hydrogens (tertiary/aromatic N) is 4. The van der Waals surface area contributed by atoms with E-state index < -0.39 is 0 Å². The molecule has 0 bridgehead atoms. The summed E-state index contributed by atoms with van der Waals surface area (Å²) in [5.41, 5.74) is 1.82. The lowest BCUT2D eigenvalue weighted by Gasteiger charge is -2.00. The van der Waals surface area contributed by atoms with Crippen molar-refractivity contribution < 1.29 is 5.11 Å². The number of aromatic nitrogens is 4. The maximum atomic E-state index is 8.74. The highest BCUT2D eigenvalue weighted by molar-refractivity contribution is 5.49. The van der Waals surface area contributed by atoms with Crippen LogP contribution in [0.1, 0.15) is 5.56 Å². The second-order valence-corrected chi connectivity index (χ2v) is 3.42. The highest BCUT2D eigenvalue weighted by Crippen LogP contribution is 2.10. The minimum absolute atomic E-state index is 0.0716. The summed E-state index contributed by atoms with van der Waals surface area (Å²) in [6, 6.07) is 0. The van der Waals surface area contributed by atoms with Gasteiger partial charge < -0.3 is 10.4 Å². The van der Waals surface area contributed by atoms with Crippen LogP contribution in [0.2, 0.25) is 0 Å². The third kappa shape index (κ3) is 2.54. The number of anilines is 2. The summed E-state index contributed by atoms with van der Waals surface area (Å²) in [4.78, 5) is 8.24. The van der Waals surface area contributed by atoms with Gasteiger partial charge in [-0.05, 0) is 12.5 Å². The van der Waals surface area contributed by atoms with Gasteiger partial charge in [-0.3, -0.25) is 4.68 Å². The number of aryl methyl sites for hydroxylation is 1. The number of aliphatic hydroxyl groups excluding tert-OH is 1. The van der Waals surface area contributed by atoms with Crippen molar-refractivity contribution in [3.05, 3.63) is 30.4 Å². The van der Waals surface area contributed by atoms with Crippen LogP contribution in [0.25, 0.3) is 0 Å². The van der Waals surface area contributed by atoms with Crippen LogP contribution in [0, 0.1) is 6.92 Å². The van der Waals surface area contributed by atoms with Gasteiger partial charge in [-0.2, -0.15) is 5.10 Å². The average Bonchev–Trinajstić information content (AvgIpc) is 2.70. The molecule has 0 amide bonds. The second kappa shape index (κ2) is 4.71. The molecule has 0 fully saturated rings. The number of aliphatic hydroxyl groups is 1. The number of hydrogen-bond donors (Lipinski definition) is 2. The Hall–Kier alpha value is -1.95. The average molecular weight is 219 g/mol. The van der Waals surface area contributed by atoms with E-state index in [0.29, 0.717) is 12.5 Å². The van der Waals surface area contributed by atoms with Crippen molar-refractivity contribution in [3.63, 3.8) is 0 Å². The molecule has 0 atom stereocenters. The van der Waals surface area contributed by atoms with E-state index in [9.17, 15) is 0 Å². The lowest BCUT2D eigenvalue weighted by molar-refractivity contribution is 0.269. The molecule has 0 aliphatic carbocycles. The molecule has 0 unspecified atom stereocenters. The molecule has 2 aromatic heterocycles. The maximum absolute atomic E-state index is 8.74. The van der Waals surface area contributed by atoms with Gasteiger partial charge in [0.25, 0.3) is 0 Å². The van der Waals surface area contributed by atoms with Crippen LogP contribution in [0.3, 0.4) is 0 Å². The first kappa shape index (κ1) is 10.6. The molecule has 6 heteroatoms. The van der Waals surface area contributed by atoms with Gasteiger partial charge in [0.1, 0.15) is 0 Å². The van der Waals surface area contributed by atoms with Crippen molar-refractivity contribution in [2.75, 3.05) is 11.9 Å². The van der Waals surface area contributed by atoms with Gasteiger partial charge in [-0.15, -0.1) is 0 Å². The summed E-state index contributed by atoms with van der Waals surface area (Å²) < 4.78 is 1.65. The summed E-state index contributed by atoms with van der Waals surface area (Å²) in [7, 11) is 0. The monoisotopic (exact) mass is 219 g/mol. The fourth-order valence-corrected chi connectivity index (χ4v) is 1.24. The van der Waals surface area contributed by atoms with Crippen molar-refractivity contribution in [3.8, 4) is 0 Å². The van der Waals surface area contributed by atoms with E-state index in [-0.39, 0.29) is 6.61 Å². The van der Waals surface area contributed by atoms with Crippen LogP contribution in [-0.2, 0) is 6.54 Å². The van der Waals surface area contributed by atoms with E-state index in [1.165, 1.54) is 0 Å². The summed E-state index contributed by atoms with van der Waals surface area (Å²) >= 11 is 0. The molecule has 0 saturated carbocycles. The third-order valence-electron chi connectivity index (χ3n) is 2.00. The predicted molar refractivity (Wildman–Crippen MR) is 59.4 cm³/mol. The molecule has 0 aliphatic rings. The maximum Gasteiger partial charge on any atom is 0.227 e. The molecule has 2 rings (SSSR count). The molecule has 0 aromatic carbocycles. The first-order chi connectivity index (χ1) is 7.78. The van der Waals surface area contributed by atoms with E-state index in [0.717, 1.165) is 11.3 Å². The zero-order chi connectivity index (χ0) is 11.4. The van der Waals surface area contributed by atoms with Crippen molar-refractivity contribution in [1.82, 2.24) is 19.7 Å². The first-order valence-corrected chi connectivity index (χ1v) is 4.97. The normalized spacial score (nSPS) is 10.4. The van der Waals surface area contributed by atoms with Gasteiger partial charge in [-0.25, -0.2) is 9.97 Å². The summed E-state index contributed by atoms with van der Waals surface area (Å²) in [6.07, 6.45) is 6.94. The zero-order valence-corrected chi connectivity index (χ0v) is 8.96. The Labute approximate surface area is 93.0 Å².